The third-order valence-electron chi connectivity index (χ3n) is 3.00. The number of carbonyl (C=O) groups is 1. The van der Waals surface area contributed by atoms with Crippen LogP contribution in [0, 0.1) is 0 Å². The van der Waals surface area contributed by atoms with Gasteiger partial charge in [-0.2, -0.15) is 0 Å². The molecule has 0 saturated carbocycles. The Kier molecular flexibility index (Phi) is 6.81. The molecule has 2 aromatic rings. The second-order valence-corrected chi connectivity index (χ2v) is 5.54. The van der Waals surface area contributed by atoms with Gasteiger partial charge < -0.3 is 9.63 Å². The molecule has 0 aliphatic rings. The summed E-state index contributed by atoms with van der Waals surface area (Å²) < 4.78 is 20.9. The van der Waals surface area contributed by atoms with E-state index in [0.717, 1.165) is 11.1 Å². The van der Waals surface area contributed by atoms with E-state index in [9.17, 15) is 9.36 Å². The van der Waals surface area contributed by atoms with E-state index in [1.807, 2.05) is 60.7 Å². The number of hydrogen-bond donors (Lipinski definition) is 2. The van der Waals surface area contributed by atoms with Crippen molar-refractivity contribution in [1.82, 2.24) is 5.32 Å². The zero-order valence-corrected chi connectivity index (χ0v) is 13.3. The largest absolute Gasteiger partial charge is 0.445 e. The van der Waals surface area contributed by atoms with Crippen LogP contribution >= 0.6 is 8.25 Å². The summed E-state index contributed by atoms with van der Waals surface area (Å²) in [6.07, 6.45) is -1.38. The summed E-state index contributed by atoms with van der Waals surface area (Å²) in [6.45, 7) is 0.110. The number of benzene rings is 2. The fraction of sp³-hybridized carbons (Fsp3) is 0.188. The van der Waals surface area contributed by atoms with Crippen molar-refractivity contribution >= 4 is 14.3 Å². The van der Waals surface area contributed by atoms with E-state index in [1.165, 1.54) is 0 Å². The van der Waals surface area contributed by atoms with Crippen LogP contribution in [0.15, 0.2) is 60.7 Å². The number of ether oxygens (including phenoxy) is 1. The van der Waals surface area contributed by atoms with Gasteiger partial charge in [-0.25, -0.2) is 4.79 Å². The summed E-state index contributed by atoms with van der Waals surface area (Å²) >= 11 is 0. The van der Waals surface area contributed by atoms with Gasteiger partial charge in [0.05, 0.1) is 0 Å². The monoisotopic (exact) mass is 335 g/mol. The first-order chi connectivity index (χ1) is 11.1. The van der Waals surface area contributed by atoms with E-state index >= 15 is 0 Å². The molecule has 0 aliphatic heterocycles. The van der Waals surface area contributed by atoms with Crippen LogP contribution in [-0.2, 0) is 26.9 Å². The molecule has 0 heterocycles. The molecule has 0 radical (unpaired) electrons. The normalized spacial score (nSPS) is 13.1. The number of amides is 1. The Balaban J connectivity index is 1.88. The molecule has 0 bridgehead atoms. The predicted octanol–water partition coefficient (Wildman–Crippen LogP) is 2.88. The third-order valence-corrected chi connectivity index (χ3v) is 3.48. The van der Waals surface area contributed by atoms with E-state index in [4.69, 9.17) is 14.2 Å². The van der Waals surface area contributed by atoms with Crippen LogP contribution in [0.4, 0.5) is 4.79 Å². The fourth-order valence-electron chi connectivity index (χ4n) is 1.97. The second kappa shape index (κ2) is 9.10. The van der Waals surface area contributed by atoms with Crippen LogP contribution in [0.3, 0.4) is 0 Å². The number of rotatable bonds is 7. The first-order valence-corrected chi connectivity index (χ1v) is 8.30. The maximum Gasteiger partial charge on any atom is 0.409 e. The Morgan fingerprint density at radius 1 is 1.04 bits per heavy atom. The Morgan fingerprint density at radius 3 is 2.17 bits per heavy atom. The van der Waals surface area contributed by atoms with E-state index in [0.29, 0.717) is 0 Å². The van der Waals surface area contributed by atoms with Gasteiger partial charge in [0.25, 0.3) is 0 Å². The maximum atomic E-state index is 11.8. The van der Waals surface area contributed by atoms with Gasteiger partial charge >= 0.3 is 14.3 Å². The lowest BCUT2D eigenvalue weighted by atomic mass is 10.1. The van der Waals surface area contributed by atoms with Crippen LogP contribution in [0.1, 0.15) is 11.1 Å². The predicted molar refractivity (Wildman–Crippen MR) is 86.0 cm³/mol. The lowest BCUT2D eigenvalue weighted by molar-refractivity contribution is 0.104. The minimum absolute atomic E-state index is 0.110. The minimum atomic E-state index is -3.18. The van der Waals surface area contributed by atoms with Crippen molar-refractivity contribution < 1.29 is 23.5 Å². The summed E-state index contributed by atoms with van der Waals surface area (Å²) in [5, 5.41) is 2.45. The molecule has 0 fully saturated rings. The topological polar surface area (TPSA) is 84.9 Å². The van der Waals surface area contributed by atoms with Gasteiger partial charge in [0, 0.05) is 6.42 Å². The highest BCUT2D eigenvalue weighted by molar-refractivity contribution is 7.32. The number of carbonyl (C=O) groups excluding carboxylic acids is 1. The fourth-order valence-corrected chi connectivity index (χ4v) is 2.35. The SMILES string of the molecule is O=C(NC(Cc1ccccc1)O[PH](=O)O)OCc1ccccc1. The molecule has 0 spiro atoms. The lowest BCUT2D eigenvalue weighted by Crippen LogP contribution is -2.37. The van der Waals surface area contributed by atoms with Crippen molar-refractivity contribution in [2.24, 2.45) is 0 Å². The van der Waals surface area contributed by atoms with Gasteiger partial charge in [-0.15, -0.1) is 0 Å². The molecule has 6 nitrogen and oxygen atoms in total. The molecule has 2 atom stereocenters. The van der Waals surface area contributed by atoms with Crippen LogP contribution < -0.4 is 5.32 Å². The smallest absolute Gasteiger partial charge is 0.409 e. The minimum Gasteiger partial charge on any atom is -0.445 e. The van der Waals surface area contributed by atoms with Crippen molar-refractivity contribution in [3.8, 4) is 0 Å². The van der Waals surface area contributed by atoms with Crippen LogP contribution in [0.25, 0.3) is 0 Å². The molecule has 23 heavy (non-hydrogen) atoms. The molecular weight excluding hydrogens is 317 g/mol. The van der Waals surface area contributed by atoms with Crippen LogP contribution in [0.2, 0.25) is 0 Å². The molecule has 0 saturated heterocycles. The van der Waals surface area contributed by atoms with Crippen LogP contribution in [-0.4, -0.2) is 17.2 Å². The zero-order valence-electron chi connectivity index (χ0n) is 12.3. The second-order valence-electron chi connectivity index (χ2n) is 4.77. The highest BCUT2D eigenvalue weighted by atomic mass is 31.1. The van der Waals surface area contributed by atoms with E-state index in [-0.39, 0.29) is 13.0 Å². The van der Waals surface area contributed by atoms with Gasteiger partial charge in [0.15, 0.2) is 0 Å². The number of nitrogens with one attached hydrogen (secondary N) is 1. The maximum absolute atomic E-state index is 11.8. The van der Waals surface area contributed by atoms with Gasteiger partial charge in [-0.05, 0) is 11.1 Å². The average Bonchev–Trinajstić information content (AvgIpc) is 2.54. The third kappa shape index (κ3) is 6.65. The number of alkyl carbamates (subject to hydrolysis) is 1. The summed E-state index contributed by atoms with van der Waals surface area (Å²) in [5.74, 6) is 0. The molecule has 122 valence electrons. The van der Waals surface area contributed by atoms with Gasteiger partial charge in [0.2, 0.25) is 0 Å². The molecule has 2 unspecified atom stereocenters. The Bertz CT molecular complexity index is 635. The molecule has 7 heteroatoms. The van der Waals surface area contributed by atoms with Crippen LogP contribution in [0.5, 0.6) is 0 Å². The molecule has 0 aromatic heterocycles. The van der Waals surface area contributed by atoms with E-state index in [1.54, 1.807) is 0 Å². The summed E-state index contributed by atoms with van der Waals surface area (Å²) in [6, 6.07) is 18.4. The Labute approximate surface area is 135 Å². The van der Waals surface area contributed by atoms with E-state index < -0.39 is 20.6 Å². The molecule has 1 amide bonds. The average molecular weight is 335 g/mol. The van der Waals surface area contributed by atoms with E-state index in [2.05, 4.69) is 5.32 Å². The van der Waals surface area contributed by atoms with Gasteiger partial charge in [-0.1, -0.05) is 60.7 Å². The van der Waals surface area contributed by atoms with Crippen molar-refractivity contribution in [3.63, 3.8) is 0 Å². The first-order valence-electron chi connectivity index (χ1n) is 7.04. The molecule has 2 aromatic carbocycles. The Morgan fingerprint density at radius 2 is 1.61 bits per heavy atom. The van der Waals surface area contributed by atoms with Gasteiger partial charge in [0.1, 0.15) is 12.8 Å². The zero-order chi connectivity index (χ0) is 16.5. The van der Waals surface area contributed by atoms with Crippen molar-refractivity contribution in [3.05, 3.63) is 71.8 Å². The van der Waals surface area contributed by atoms with Gasteiger partial charge in [-0.3, -0.25) is 14.4 Å². The molecule has 2 rings (SSSR count). The number of hydrogen-bond acceptors (Lipinski definition) is 4. The summed E-state index contributed by atoms with van der Waals surface area (Å²) in [5.41, 5.74) is 1.71. The van der Waals surface area contributed by atoms with Crippen molar-refractivity contribution in [1.29, 1.82) is 0 Å². The molecule has 2 N–H and O–H groups in total. The quantitative estimate of drug-likeness (QED) is 0.600. The summed E-state index contributed by atoms with van der Waals surface area (Å²) in [4.78, 5) is 20.8. The lowest BCUT2D eigenvalue weighted by Gasteiger charge is -2.17. The van der Waals surface area contributed by atoms with Crippen molar-refractivity contribution in [2.75, 3.05) is 0 Å². The summed E-state index contributed by atoms with van der Waals surface area (Å²) in [7, 11) is -3.18. The highest BCUT2D eigenvalue weighted by Crippen LogP contribution is 2.19. The molecule has 0 aliphatic carbocycles. The standard InChI is InChI=1S/C16H18NO5P/c18-16(21-12-14-9-5-2-6-10-14)17-15(22-23(19)20)11-13-7-3-1-4-8-13/h1-10,15,23H,11-12H2,(H,17,18)(H,19,20). The Hall–Kier alpha value is -2.14. The first kappa shape index (κ1) is 17.2. The highest BCUT2D eigenvalue weighted by Gasteiger charge is 2.16. The van der Waals surface area contributed by atoms with Crippen molar-refractivity contribution in [2.45, 2.75) is 19.3 Å². The molecular formula is C16H18NO5P.